The van der Waals surface area contributed by atoms with Crippen molar-refractivity contribution in [3.05, 3.63) is 69.4 Å². The number of rotatable bonds is 5. The first-order chi connectivity index (χ1) is 14.8. The quantitative estimate of drug-likeness (QED) is 0.335. The SMILES string of the molecule is Cc1noc(C)c1Cn1cc(C(=O)C(=O)Nc2c(Cl)cncc2Cl)c2cccc(O)c21. The lowest BCUT2D eigenvalue weighted by molar-refractivity contribution is -0.112. The number of aromatic nitrogens is 3. The molecule has 0 atom stereocenters. The summed E-state index contributed by atoms with van der Waals surface area (Å²) in [6.07, 6.45) is 4.13. The topological polar surface area (TPSA) is 110 Å². The Morgan fingerprint density at radius 3 is 2.55 bits per heavy atom. The van der Waals surface area contributed by atoms with Gasteiger partial charge in [-0.3, -0.25) is 14.6 Å². The zero-order valence-electron chi connectivity index (χ0n) is 16.4. The number of fused-ring (bicyclic) bond motifs is 1. The number of ketones is 1. The Labute approximate surface area is 186 Å². The summed E-state index contributed by atoms with van der Waals surface area (Å²) in [6.45, 7) is 3.88. The maximum absolute atomic E-state index is 13.0. The van der Waals surface area contributed by atoms with Crippen molar-refractivity contribution in [2.45, 2.75) is 20.4 Å². The molecule has 158 valence electrons. The highest BCUT2D eigenvalue weighted by molar-refractivity contribution is 6.50. The van der Waals surface area contributed by atoms with Crippen LogP contribution >= 0.6 is 23.2 Å². The standard InChI is InChI=1S/C21H16Cl2N4O4/c1-10-13(11(2)31-26-10)8-27-9-14(12-4-3-5-17(28)19(12)27)20(29)21(30)25-18-15(22)6-24-7-16(18)23/h3-7,9,28H,8H2,1-2H3,(H,24,25,30). The minimum atomic E-state index is -0.922. The van der Waals surface area contributed by atoms with Crippen LogP contribution < -0.4 is 5.32 Å². The first-order valence-electron chi connectivity index (χ1n) is 9.15. The van der Waals surface area contributed by atoms with Crippen molar-refractivity contribution < 1.29 is 19.2 Å². The minimum absolute atomic E-state index is 0.0241. The highest BCUT2D eigenvalue weighted by Gasteiger charge is 2.25. The van der Waals surface area contributed by atoms with E-state index in [-0.39, 0.29) is 27.0 Å². The molecule has 4 rings (SSSR count). The molecule has 31 heavy (non-hydrogen) atoms. The Morgan fingerprint density at radius 2 is 1.90 bits per heavy atom. The van der Waals surface area contributed by atoms with E-state index >= 15 is 0 Å². The molecule has 0 fully saturated rings. The van der Waals surface area contributed by atoms with Crippen LogP contribution in [0.15, 0.2) is 41.3 Å². The molecule has 0 saturated carbocycles. The van der Waals surface area contributed by atoms with Gasteiger partial charge in [0.05, 0.1) is 39.1 Å². The summed E-state index contributed by atoms with van der Waals surface area (Å²) in [5.41, 5.74) is 2.15. The highest BCUT2D eigenvalue weighted by atomic mass is 35.5. The molecule has 0 aliphatic carbocycles. The number of carbonyl (C=O) groups excluding carboxylic acids is 2. The highest BCUT2D eigenvalue weighted by Crippen LogP contribution is 2.32. The molecule has 0 radical (unpaired) electrons. The molecule has 3 aromatic heterocycles. The van der Waals surface area contributed by atoms with E-state index in [1.807, 2.05) is 0 Å². The molecule has 3 heterocycles. The number of para-hydroxylation sites is 1. The molecular formula is C21H16Cl2N4O4. The second-order valence-corrected chi connectivity index (χ2v) is 7.72. The van der Waals surface area contributed by atoms with Gasteiger partial charge in [-0.2, -0.15) is 0 Å². The van der Waals surface area contributed by atoms with Gasteiger partial charge in [-0.05, 0) is 19.9 Å². The molecule has 4 aromatic rings. The van der Waals surface area contributed by atoms with Crippen LogP contribution in [0.4, 0.5) is 5.69 Å². The van der Waals surface area contributed by atoms with Gasteiger partial charge in [0.15, 0.2) is 0 Å². The lowest BCUT2D eigenvalue weighted by Gasteiger charge is -2.07. The number of benzene rings is 1. The Bertz CT molecular complexity index is 1300. The fourth-order valence-corrected chi connectivity index (χ4v) is 3.83. The predicted octanol–water partition coefficient (Wildman–Crippen LogP) is 4.52. The van der Waals surface area contributed by atoms with Crippen molar-refractivity contribution >= 4 is 51.5 Å². The van der Waals surface area contributed by atoms with Crippen LogP contribution in [0, 0.1) is 13.8 Å². The number of phenolic OH excluding ortho intramolecular Hbond substituents is 1. The van der Waals surface area contributed by atoms with Crippen LogP contribution in [-0.2, 0) is 11.3 Å². The monoisotopic (exact) mass is 458 g/mol. The van der Waals surface area contributed by atoms with Crippen LogP contribution in [0.2, 0.25) is 10.0 Å². The van der Waals surface area contributed by atoms with Crippen molar-refractivity contribution in [2.24, 2.45) is 0 Å². The number of aryl methyl sites for hydroxylation is 2. The van der Waals surface area contributed by atoms with E-state index in [1.165, 1.54) is 24.7 Å². The van der Waals surface area contributed by atoms with Gasteiger partial charge < -0.3 is 19.5 Å². The number of nitrogens with zero attached hydrogens (tertiary/aromatic N) is 3. The zero-order valence-corrected chi connectivity index (χ0v) is 18.0. The lowest BCUT2D eigenvalue weighted by Crippen LogP contribution is -2.23. The number of nitrogens with one attached hydrogen (secondary N) is 1. The molecular weight excluding hydrogens is 443 g/mol. The number of anilines is 1. The molecule has 0 bridgehead atoms. The van der Waals surface area contributed by atoms with Crippen molar-refractivity contribution in [1.82, 2.24) is 14.7 Å². The third-order valence-corrected chi connectivity index (χ3v) is 5.50. The van der Waals surface area contributed by atoms with Gasteiger partial charge >= 0.3 is 0 Å². The molecule has 0 aliphatic heterocycles. The number of Topliss-reactive ketones (excluding diaryl/α,β-unsaturated/α-hetero) is 1. The van der Waals surface area contributed by atoms with Crippen LogP contribution in [0.5, 0.6) is 5.75 Å². The molecule has 1 amide bonds. The molecule has 2 N–H and O–H groups in total. The van der Waals surface area contributed by atoms with Gasteiger partial charge in [0.1, 0.15) is 11.5 Å². The summed E-state index contributed by atoms with van der Waals surface area (Å²) in [6, 6.07) is 4.77. The summed E-state index contributed by atoms with van der Waals surface area (Å²) in [4.78, 5) is 29.5. The number of pyridine rings is 1. The van der Waals surface area contributed by atoms with Crippen molar-refractivity contribution in [2.75, 3.05) is 5.32 Å². The average Bonchev–Trinajstić information content (AvgIpc) is 3.26. The van der Waals surface area contributed by atoms with E-state index in [0.717, 1.165) is 5.56 Å². The van der Waals surface area contributed by atoms with Crippen molar-refractivity contribution in [3.8, 4) is 5.75 Å². The second kappa shape index (κ2) is 8.05. The van der Waals surface area contributed by atoms with Gasteiger partial charge in [0.2, 0.25) is 0 Å². The largest absolute Gasteiger partial charge is 0.506 e. The van der Waals surface area contributed by atoms with Gasteiger partial charge in [-0.1, -0.05) is 40.5 Å². The maximum atomic E-state index is 13.0. The third-order valence-electron chi connectivity index (χ3n) is 4.93. The van der Waals surface area contributed by atoms with Crippen LogP contribution in [0.1, 0.15) is 27.4 Å². The maximum Gasteiger partial charge on any atom is 0.296 e. The summed E-state index contributed by atoms with van der Waals surface area (Å²) >= 11 is 12.1. The molecule has 0 spiro atoms. The smallest absolute Gasteiger partial charge is 0.296 e. The normalized spacial score (nSPS) is 11.1. The van der Waals surface area contributed by atoms with Gasteiger partial charge in [0, 0.05) is 29.5 Å². The predicted molar refractivity (Wildman–Crippen MR) is 116 cm³/mol. The number of hydrogen-bond acceptors (Lipinski definition) is 6. The number of carbonyl (C=O) groups is 2. The van der Waals surface area contributed by atoms with Crippen LogP contribution in [0.3, 0.4) is 0 Å². The zero-order chi connectivity index (χ0) is 22.3. The number of phenols is 1. The van der Waals surface area contributed by atoms with Crippen LogP contribution in [-0.4, -0.2) is 31.5 Å². The molecule has 10 heteroatoms. The molecule has 0 saturated heterocycles. The second-order valence-electron chi connectivity index (χ2n) is 6.91. The number of halogens is 2. The molecule has 0 aliphatic rings. The van der Waals surface area contributed by atoms with E-state index < -0.39 is 11.7 Å². The number of aromatic hydroxyl groups is 1. The number of amides is 1. The van der Waals surface area contributed by atoms with E-state index in [2.05, 4.69) is 15.5 Å². The Balaban J connectivity index is 1.75. The lowest BCUT2D eigenvalue weighted by atomic mass is 10.1. The number of hydrogen-bond donors (Lipinski definition) is 2. The summed E-state index contributed by atoms with van der Waals surface area (Å²) in [5, 5.41) is 17.5. The Morgan fingerprint density at radius 1 is 1.19 bits per heavy atom. The summed E-state index contributed by atoms with van der Waals surface area (Å²) in [5.74, 6) is -1.13. The summed E-state index contributed by atoms with van der Waals surface area (Å²) < 4.78 is 6.89. The Hall–Kier alpha value is -3.36. The molecule has 1 aromatic carbocycles. The van der Waals surface area contributed by atoms with Crippen molar-refractivity contribution in [3.63, 3.8) is 0 Å². The average molecular weight is 459 g/mol. The van der Waals surface area contributed by atoms with Crippen LogP contribution in [0.25, 0.3) is 10.9 Å². The fourth-order valence-electron chi connectivity index (χ4n) is 3.37. The van der Waals surface area contributed by atoms with Gasteiger partial charge in [-0.25, -0.2) is 0 Å². The first-order valence-corrected chi connectivity index (χ1v) is 9.90. The molecule has 8 nitrogen and oxygen atoms in total. The van der Waals surface area contributed by atoms with E-state index in [1.54, 1.807) is 30.5 Å². The third kappa shape index (κ3) is 3.75. The minimum Gasteiger partial charge on any atom is -0.506 e. The van der Waals surface area contributed by atoms with Crippen molar-refractivity contribution in [1.29, 1.82) is 0 Å². The van der Waals surface area contributed by atoms with E-state index in [4.69, 9.17) is 27.7 Å². The summed E-state index contributed by atoms with van der Waals surface area (Å²) in [7, 11) is 0. The fraction of sp³-hybridized carbons (Fsp3) is 0.143. The van der Waals surface area contributed by atoms with Gasteiger partial charge in [-0.15, -0.1) is 0 Å². The van der Waals surface area contributed by atoms with Gasteiger partial charge in [0.25, 0.3) is 11.7 Å². The molecule has 0 unspecified atom stereocenters. The van der Waals surface area contributed by atoms with E-state index in [0.29, 0.717) is 28.9 Å². The van der Waals surface area contributed by atoms with E-state index in [9.17, 15) is 14.7 Å². The first kappa shape index (κ1) is 20.9. The Kier molecular flexibility index (Phi) is 5.43.